The van der Waals surface area contributed by atoms with Crippen molar-refractivity contribution >= 4 is 39.1 Å². The summed E-state index contributed by atoms with van der Waals surface area (Å²) in [6.07, 6.45) is 0. The number of hydrogen-bond donors (Lipinski definition) is 0. The van der Waals surface area contributed by atoms with Crippen LogP contribution >= 0.6 is 0 Å². The zero-order chi connectivity index (χ0) is 12.2. The quantitative estimate of drug-likeness (QED) is 0.212. The number of fused-ring (bicyclic) bond motifs is 2. The third-order valence-electron chi connectivity index (χ3n) is 3.10. The molecule has 108 valence electrons. The molecule has 0 fully saturated rings. The Hall–Kier alpha value is -0.927. The molecule has 0 amide bonds. The first-order chi connectivity index (χ1) is 8.93. The van der Waals surface area contributed by atoms with Gasteiger partial charge in [0.2, 0.25) is 0 Å². The van der Waals surface area contributed by atoms with Gasteiger partial charge in [0.1, 0.15) is 0 Å². The molecule has 4 aromatic rings. The smallest absolute Gasteiger partial charge is 0.358 e. The summed E-state index contributed by atoms with van der Waals surface area (Å²) < 4.78 is 0. The molecule has 4 rings (SSSR count). The molecule has 4 radical (unpaired) electrons. The van der Waals surface area contributed by atoms with Crippen LogP contribution in [0, 0.1) is 14.9 Å². The molecular formula is C20H20GeHf. The summed E-state index contributed by atoms with van der Waals surface area (Å²) in [6.45, 7) is 0. The molecule has 4 aromatic carbocycles. The minimum Gasteiger partial charge on any atom is -0.358 e. The number of rotatable bonds is 0. The summed E-state index contributed by atoms with van der Waals surface area (Å²) in [5.41, 5.74) is 0. The molecule has 22 heavy (non-hydrogen) atoms. The van der Waals surface area contributed by atoms with Crippen molar-refractivity contribution < 1.29 is 25.8 Å². The molecular weight excluding hydrogens is 491 g/mol. The van der Waals surface area contributed by atoms with Crippen LogP contribution in [0.1, 0.15) is 0 Å². The Labute approximate surface area is 164 Å². The summed E-state index contributed by atoms with van der Waals surface area (Å²) in [7, 11) is 0. The molecule has 0 aliphatic heterocycles. The Morgan fingerprint density at radius 1 is 0.545 bits per heavy atom. The van der Waals surface area contributed by atoms with E-state index in [2.05, 4.69) is 84.9 Å². The third kappa shape index (κ3) is 5.70. The van der Waals surface area contributed by atoms with Gasteiger partial charge in [-0.25, -0.2) is 0 Å². The van der Waals surface area contributed by atoms with E-state index in [0.717, 1.165) is 0 Å². The second-order valence-corrected chi connectivity index (χ2v) is 4.31. The van der Waals surface area contributed by atoms with Crippen molar-refractivity contribution in [2.45, 2.75) is 0 Å². The van der Waals surface area contributed by atoms with Crippen LogP contribution in [-0.2, 0) is 25.8 Å². The predicted molar refractivity (Wildman–Crippen MR) is 97.7 cm³/mol. The Morgan fingerprint density at radius 3 is 1.27 bits per heavy atom. The van der Waals surface area contributed by atoms with E-state index in [1.54, 1.807) is 0 Å². The van der Waals surface area contributed by atoms with Gasteiger partial charge in [-0.15, -0.1) is 59.3 Å². The van der Waals surface area contributed by atoms with Crippen LogP contribution in [0.2, 0.25) is 0 Å². The predicted octanol–water partition coefficient (Wildman–Crippen LogP) is 5.63. The van der Waals surface area contributed by atoms with Gasteiger partial charge < -0.3 is 14.9 Å². The van der Waals surface area contributed by atoms with Gasteiger partial charge in [0.15, 0.2) is 0 Å². The molecule has 0 atom stereocenters. The van der Waals surface area contributed by atoms with E-state index in [1.165, 1.54) is 21.5 Å². The van der Waals surface area contributed by atoms with E-state index in [9.17, 15) is 0 Å². The van der Waals surface area contributed by atoms with Gasteiger partial charge >= 0.3 is 25.8 Å². The van der Waals surface area contributed by atoms with Gasteiger partial charge in [-0.05, 0) is 0 Å². The minimum atomic E-state index is 0. The van der Waals surface area contributed by atoms with Crippen molar-refractivity contribution in [3.8, 4) is 0 Å². The van der Waals surface area contributed by atoms with E-state index < -0.39 is 0 Å². The van der Waals surface area contributed by atoms with Crippen molar-refractivity contribution in [1.82, 2.24) is 0 Å². The second-order valence-electron chi connectivity index (χ2n) is 4.31. The van der Waals surface area contributed by atoms with E-state index >= 15 is 0 Å². The van der Waals surface area contributed by atoms with Crippen molar-refractivity contribution in [2.75, 3.05) is 0 Å². The largest absolute Gasteiger partial charge is 4.00 e. The molecule has 0 saturated heterocycles. The zero-order valence-electron chi connectivity index (χ0n) is 13.1. The van der Waals surface area contributed by atoms with Crippen LogP contribution in [0.15, 0.2) is 84.9 Å². The maximum absolute atomic E-state index is 2.12. The average molecular weight is 511 g/mol. The normalized spacial score (nSPS) is 8.36. The Balaban J connectivity index is 0. The van der Waals surface area contributed by atoms with Gasteiger partial charge in [0, 0.05) is 17.6 Å². The zero-order valence-corrected chi connectivity index (χ0v) is 18.8. The maximum atomic E-state index is 2.12. The fraction of sp³-hybridized carbons (Fsp3) is 0. The molecule has 2 heteroatoms. The van der Waals surface area contributed by atoms with Crippen LogP contribution in [0.4, 0.5) is 0 Å². The van der Waals surface area contributed by atoms with Crippen LogP contribution in [0.3, 0.4) is 0 Å². The number of hydrogen-bond acceptors (Lipinski definition) is 0. The molecule has 0 heterocycles. The Bertz CT molecular complexity index is 626. The Kier molecular flexibility index (Phi) is 12.3. The topological polar surface area (TPSA) is 0 Å². The monoisotopic (exact) mass is 514 g/mol. The molecule has 0 aromatic heterocycles. The fourth-order valence-corrected chi connectivity index (χ4v) is 2.14. The maximum Gasteiger partial charge on any atom is 4.00 e. The summed E-state index contributed by atoms with van der Waals surface area (Å²) >= 11 is 0. The van der Waals surface area contributed by atoms with E-state index in [0.29, 0.717) is 0 Å². The van der Waals surface area contributed by atoms with Crippen LogP contribution < -0.4 is 0 Å². The molecule has 0 unspecified atom stereocenters. The second kappa shape index (κ2) is 11.6. The molecule has 0 bridgehead atoms. The van der Waals surface area contributed by atoms with Crippen molar-refractivity contribution in [1.29, 1.82) is 0 Å². The van der Waals surface area contributed by atoms with Crippen molar-refractivity contribution in [3.63, 3.8) is 0 Å². The standard InChI is InChI=1S/2C9H7.2CH3.Ge.Hf/c2*1-2-5-9-7-3-6-8(9)4-1;;;;/h2*1-7H;2*1H3;;/q4*-1;;+4. The van der Waals surface area contributed by atoms with Gasteiger partial charge in [0.25, 0.3) is 0 Å². The summed E-state index contributed by atoms with van der Waals surface area (Å²) in [5.74, 6) is 0. The molecule has 0 spiro atoms. The van der Waals surface area contributed by atoms with Crippen LogP contribution in [0.25, 0.3) is 21.5 Å². The first kappa shape index (κ1) is 23.3. The summed E-state index contributed by atoms with van der Waals surface area (Å²) in [5, 5.41) is 5.32. The number of benzene rings is 2. The summed E-state index contributed by atoms with van der Waals surface area (Å²) in [6, 6.07) is 29.3. The fourth-order valence-electron chi connectivity index (χ4n) is 2.14. The first-order valence-electron chi connectivity index (χ1n) is 6.14. The van der Waals surface area contributed by atoms with E-state index in [1.807, 2.05) is 0 Å². The summed E-state index contributed by atoms with van der Waals surface area (Å²) in [4.78, 5) is 0. The van der Waals surface area contributed by atoms with Gasteiger partial charge in [-0.1, -0.05) is 12.1 Å². The molecule has 0 saturated carbocycles. The van der Waals surface area contributed by atoms with Gasteiger partial charge in [0.05, 0.1) is 0 Å². The van der Waals surface area contributed by atoms with Gasteiger partial charge in [-0.3, -0.25) is 0 Å². The third-order valence-corrected chi connectivity index (χ3v) is 3.10. The first-order valence-corrected chi connectivity index (χ1v) is 6.14. The SMILES string of the molecule is [CH3-].[CH3-].[Ge].[Hf+4].c1ccc2[cH-]ccc2c1.c1ccc2[cH-]ccc2c1. The molecule has 0 aliphatic rings. The molecule has 0 N–H and O–H groups in total. The van der Waals surface area contributed by atoms with E-state index in [4.69, 9.17) is 0 Å². The van der Waals surface area contributed by atoms with Crippen LogP contribution in [-0.4, -0.2) is 17.6 Å². The van der Waals surface area contributed by atoms with Gasteiger partial charge in [-0.2, -0.15) is 35.0 Å². The minimum absolute atomic E-state index is 0. The van der Waals surface area contributed by atoms with E-state index in [-0.39, 0.29) is 58.3 Å². The average Bonchev–Trinajstić information content (AvgIpc) is 3.08. The van der Waals surface area contributed by atoms with Crippen molar-refractivity contribution in [2.24, 2.45) is 0 Å². The van der Waals surface area contributed by atoms with Crippen molar-refractivity contribution in [3.05, 3.63) is 99.8 Å². The van der Waals surface area contributed by atoms with Crippen LogP contribution in [0.5, 0.6) is 0 Å². The Morgan fingerprint density at radius 2 is 0.909 bits per heavy atom. The molecule has 0 nitrogen and oxygen atoms in total. The molecule has 0 aliphatic carbocycles.